The van der Waals surface area contributed by atoms with Crippen LogP contribution in [0.2, 0.25) is 0 Å². The summed E-state index contributed by atoms with van der Waals surface area (Å²) >= 11 is 0. The third kappa shape index (κ3) is 4.31. The predicted molar refractivity (Wildman–Crippen MR) is 75.0 cm³/mol. The lowest BCUT2D eigenvalue weighted by Crippen LogP contribution is -2.36. The second-order valence-corrected chi connectivity index (χ2v) is 4.94. The number of benzene rings is 1. The summed E-state index contributed by atoms with van der Waals surface area (Å²) in [7, 11) is 1.54. The Balaban J connectivity index is 2.63. The van der Waals surface area contributed by atoms with E-state index >= 15 is 0 Å². The second kappa shape index (κ2) is 6.66. The highest BCUT2D eigenvalue weighted by molar-refractivity contribution is 5.86. The Morgan fingerprint density at radius 3 is 2.37 bits per heavy atom. The molecule has 0 heterocycles. The van der Waals surface area contributed by atoms with Crippen LogP contribution >= 0.6 is 0 Å². The van der Waals surface area contributed by atoms with Crippen LogP contribution in [0.4, 0.5) is 10.1 Å². The van der Waals surface area contributed by atoms with Gasteiger partial charge in [0.2, 0.25) is 0 Å². The molecule has 0 amide bonds. The van der Waals surface area contributed by atoms with Gasteiger partial charge < -0.3 is 9.64 Å². The van der Waals surface area contributed by atoms with Crippen LogP contribution < -0.4 is 4.90 Å². The van der Waals surface area contributed by atoms with Gasteiger partial charge in [0.1, 0.15) is 11.4 Å². The summed E-state index contributed by atoms with van der Waals surface area (Å²) in [4.78, 5) is 14.0. The van der Waals surface area contributed by atoms with Crippen LogP contribution in [0.25, 0.3) is 0 Å². The number of halogens is 1. The Morgan fingerprint density at radius 1 is 1.32 bits per heavy atom. The summed E-state index contributed by atoms with van der Waals surface area (Å²) in [6.45, 7) is 6.92. The highest BCUT2D eigenvalue weighted by Gasteiger charge is 2.26. The fourth-order valence-electron chi connectivity index (χ4n) is 1.77. The Morgan fingerprint density at radius 2 is 1.89 bits per heavy atom. The molecule has 0 aliphatic carbocycles. The van der Waals surface area contributed by atoms with E-state index in [-0.39, 0.29) is 11.6 Å². The number of anilines is 1. The van der Waals surface area contributed by atoms with Gasteiger partial charge in [-0.25, -0.2) is 4.39 Å². The zero-order valence-electron chi connectivity index (χ0n) is 12.1. The van der Waals surface area contributed by atoms with E-state index in [0.717, 1.165) is 12.2 Å². The molecule has 3 nitrogen and oxygen atoms in total. The van der Waals surface area contributed by atoms with Crippen LogP contribution in [0.15, 0.2) is 24.3 Å². The largest absolute Gasteiger partial charge is 0.371 e. The minimum absolute atomic E-state index is 0.0653. The number of carbonyl (C=O) groups excluding carboxylic acids is 1. The number of methoxy groups -OCH3 is 1. The molecule has 0 aliphatic heterocycles. The summed E-state index contributed by atoms with van der Waals surface area (Å²) in [5.74, 6) is -0.188. The van der Waals surface area contributed by atoms with E-state index in [1.165, 1.54) is 19.2 Å². The van der Waals surface area contributed by atoms with Crippen molar-refractivity contribution in [2.75, 3.05) is 25.1 Å². The van der Waals surface area contributed by atoms with Crippen LogP contribution in [-0.4, -0.2) is 31.6 Å². The third-order valence-electron chi connectivity index (χ3n) is 3.36. The smallest absolute Gasteiger partial charge is 0.165 e. The van der Waals surface area contributed by atoms with E-state index in [2.05, 4.69) is 0 Å². The molecule has 0 fully saturated rings. The van der Waals surface area contributed by atoms with Crippen molar-refractivity contribution in [3.05, 3.63) is 30.1 Å². The molecule has 1 aromatic carbocycles. The van der Waals surface area contributed by atoms with E-state index in [9.17, 15) is 9.18 Å². The minimum Gasteiger partial charge on any atom is -0.371 e. The molecule has 0 atom stereocenters. The molecule has 0 unspecified atom stereocenters. The molecular weight excluding hydrogens is 245 g/mol. The Kier molecular flexibility index (Phi) is 5.48. The number of nitrogens with zero attached hydrogens (tertiary/aromatic N) is 1. The lowest BCUT2D eigenvalue weighted by molar-refractivity contribution is -0.136. The average Bonchev–Trinajstić information content (AvgIpc) is 2.41. The molecule has 0 radical (unpaired) electrons. The van der Waals surface area contributed by atoms with Crippen molar-refractivity contribution in [3.63, 3.8) is 0 Å². The molecule has 0 aromatic heterocycles. The van der Waals surface area contributed by atoms with Crippen LogP contribution in [0, 0.1) is 5.82 Å². The third-order valence-corrected chi connectivity index (χ3v) is 3.36. The Bertz CT molecular complexity index is 415. The van der Waals surface area contributed by atoms with Gasteiger partial charge in [0.25, 0.3) is 0 Å². The van der Waals surface area contributed by atoms with Crippen molar-refractivity contribution in [1.82, 2.24) is 0 Å². The van der Waals surface area contributed by atoms with Crippen molar-refractivity contribution in [2.45, 2.75) is 32.8 Å². The van der Waals surface area contributed by atoms with Gasteiger partial charge in [-0.2, -0.15) is 0 Å². The first kappa shape index (κ1) is 15.6. The zero-order chi connectivity index (χ0) is 14.5. The Labute approximate surface area is 114 Å². The van der Waals surface area contributed by atoms with Gasteiger partial charge in [0.15, 0.2) is 5.78 Å². The van der Waals surface area contributed by atoms with Crippen LogP contribution in [0.1, 0.15) is 27.2 Å². The summed E-state index contributed by atoms with van der Waals surface area (Å²) in [6.07, 6.45) is 0.409. The summed E-state index contributed by atoms with van der Waals surface area (Å²) in [5, 5.41) is 0. The van der Waals surface area contributed by atoms with E-state index in [1.807, 2.05) is 11.8 Å². The topological polar surface area (TPSA) is 29.5 Å². The number of ketones is 1. The first-order valence-electron chi connectivity index (χ1n) is 6.49. The molecule has 0 N–H and O–H groups in total. The van der Waals surface area contributed by atoms with Gasteiger partial charge in [-0.05, 0) is 45.0 Å². The number of hydrogen-bond acceptors (Lipinski definition) is 3. The monoisotopic (exact) mass is 267 g/mol. The zero-order valence-corrected chi connectivity index (χ0v) is 12.1. The maximum Gasteiger partial charge on any atom is 0.165 e. The highest BCUT2D eigenvalue weighted by atomic mass is 19.1. The number of Topliss-reactive ketones (excluding diaryl/α,β-unsaturated/α-hetero) is 1. The molecule has 0 aliphatic rings. The van der Waals surface area contributed by atoms with Crippen molar-refractivity contribution >= 4 is 11.5 Å². The van der Waals surface area contributed by atoms with E-state index < -0.39 is 5.60 Å². The first-order valence-corrected chi connectivity index (χ1v) is 6.49. The molecule has 0 saturated heterocycles. The minimum atomic E-state index is -0.748. The lowest BCUT2D eigenvalue weighted by Gasteiger charge is -2.26. The van der Waals surface area contributed by atoms with E-state index in [1.54, 1.807) is 26.0 Å². The van der Waals surface area contributed by atoms with Gasteiger partial charge in [0, 0.05) is 32.3 Å². The normalized spacial score (nSPS) is 11.4. The fourth-order valence-corrected chi connectivity index (χ4v) is 1.77. The van der Waals surface area contributed by atoms with Crippen molar-refractivity contribution in [3.8, 4) is 0 Å². The molecule has 1 aromatic rings. The lowest BCUT2D eigenvalue weighted by atomic mass is 10.0. The molecule has 0 spiro atoms. The average molecular weight is 267 g/mol. The SMILES string of the molecule is CCN(CCC(=O)C(C)(C)OC)c1ccc(F)cc1. The molecule has 19 heavy (non-hydrogen) atoms. The summed E-state index contributed by atoms with van der Waals surface area (Å²) in [6, 6.07) is 6.31. The van der Waals surface area contributed by atoms with Crippen LogP contribution in [-0.2, 0) is 9.53 Å². The highest BCUT2D eigenvalue weighted by Crippen LogP contribution is 2.17. The molecular formula is C15H22FNO2. The van der Waals surface area contributed by atoms with E-state index in [0.29, 0.717) is 13.0 Å². The molecule has 0 bridgehead atoms. The quantitative estimate of drug-likeness (QED) is 0.760. The maximum atomic E-state index is 12.9. The fraction of sp³-hybridized carbons (Fsp3) is 0.533. The molecule has 1 rings (SSSR count). The number of ether oxygens (including phenoxy) is 1. The number of hydrogen-bond donors (Lipinski definition) is 0. The predicted octanol–water partition coefficient (Wildman–Crippen LogP) is 3.04. The van der Waals surface area contributed by atoms with Crippen molar-refractivity contribution in [2.24, 2.45) is 0 Å². The molecule has 0 saturated carbocycles. The van der Waals surface area contributed by atoms with E-state index in [4.69, 9.17) is 4.74 Å². The number of carbonyl (C=O) groups is 1. The molecule has 106 valence electrons. The van der Waals surface area contributed by atoms with Gasteiger partial charge in [0.05, 0.1) is 0 Å². The maximum absolute atomic E-state index is 12.9. The standard InChI is InChI=1S/C15H22FNO2/c1-5-17(13-8-6-12(16)7-9-13)11-10-14(18)15(2,3)19-4/h6-9H,5,10-11H2,1-4H3. The van der Waals surface area contributed by atoms with Crippen molar-refractivity contribution in [1.29, 1.82) is 0 Å². The van der Waals surface area contributed by atoms with Gasteiger partial charge in [-0.1, -0.05) is 0 Å². The van der Waals surface area contributed by atoms with Crippen molar-refractivity contribution < 1.29 is 13.9 Å². The summed E-state index contributed by atoms with van der Waals surface area (Å²) < 4.78 is 18.1. The molecule has 4 heteroatoms. The van der Waals surface area contributed by atoms with Gasteiger partial charge >= 0.3 is 0 Å². The van der Waals surface area contributed by atoms with Gasteiger partial charge in [-0.15, -0.1) is 0 Å². The first-order chi connectivity index (χ1) is 8.90. The van der Waals surface area contributed by atoms with Crippen LogP contribution in [0.5, 0.6) is 0 Å². The number of rotatable bonds is 7. The van der Waals surface area contributed by atoms with Crippen LogP contribution in [0.3, 0.4) is 0 Å². The Hall–Kier alpha value is -1.42. The second-order valence-electron chi connectivity index (χ2n) is 4.94. The van der Waals surface area contributed by atoms with Gasteiger partial charge in [-0.3, -0.25) is 4.79 Å². The summed E-state index contributed by atoms with van der Waals surface area (Å²) in [5.41, 5.74) is 0.175.